The van der Waals surface area contributed by atoms with E-state index >= 15 is 0 Å². The standard InChI is InChI=1S/C13H17NO4S/c1-19(16,17)18-9-12-8-11(13(15)14-12)7-10-5-3-2-4-6-10/h2-6,11-12H,7-9H2,1H3,(H,14,15)/t11-,12+/m1/s1. The summed E-state index contributed by atoms with van der Waals surface area (Å²) < 4.78 is 26.5. The minimum atomic E-state index is -3.46. The van der Waals surface area contributed by atoms with Crippen LogP contribution in [-0.2, 0) is 25.5 Å². The van der Waals surface area contributed by atoms with Crippen molar-refractivity contribution >= 4 is 16.0 Å². The van der Waals surface area contributed by atoms with Crippen LogP contribution in [0.2, 0.25) is 0 Å². The third kappa shape index (κ3) is 4.33. The fraction of sp³-hybridized carbons (Fsp3) is 0.462. The molecule has 0 aliphatic carbocycles. The van der Waals surface area contributed by atoms with Gasteiger partial charge in [0.15, 0.2) is 0 Å². The maximum absolute atomic E-state index is 11.8. The maximum Gasteiger partial charge on any atom is 0.264 e. The van der Waals surface area contributed by atoms with Gasteiger partial charge in [-0.15, -0.1) is 0 Å². The Morgan fingerprint density at radius 1 is 1.32 bits per heavy atom. The Labute approximate surface area is 113 Å². The molecule has 0 radical (unpaired) electrons. The Morgan fingerprint density at radius 2 is 2.00 bits per heavy atom. The Kier molecular flexibility index (Phi) is 4.21. The van der Waals surface area contributed by atoms with E-state index in [1.807, 2.05) is 30.3 Å². The molecule has 0 aromatic heterocycles. The van der Waals surface area contributed by atoms with E-state index in [0.717, 1.165) is 11.8 Å². The smallest absolute Gasteiger partial charge is 0.264 e. The summed E-state index contributed by atoms with van der Waals surface area (Å²) >= 11 is 0. The quantitative estimate of drug-likeness (QED) is 0.808. The summed E-state index contributed by atoms with van der Waals surface area (Å²) in [5.41, 5.74) is 1.10. The molecule has 1 aromatic carbocycles. The van der Waals surface area contributed by atoms with Gasteiger partial charge in [0.05, 0.1) is 18.9 Å². The lowest BCUT2D eigenvalue weighted by molar-refractivity contribution is -0.122. The first-order valence-corrected chi connectivity index (χ1v) is 7.94. The lowest BCUT2D eigenvalue weighted by atomic mass is 9.96. The third-order valence-corrected chi connectivity index (χ3v) is 3.66. The predicted molar refractivity (Wildman–Crippen MR) is 71.0 cm³/mol. The van der Waals surface area contributed by atoms with E-state index in [9.17, 15) is 13.2 Å². The molecule has 0 bridgehead atoms. The molecule has 1 aliphatic heterocycles. The molecular weight excluding hydrogens is 266 g/mol. The summed E-state index contributed by atoms with van der Waals surface area (Å²) in [4.78, 5) is 11.8. The van der Waals surface area contributed by atoms with E-state index < -0.39 is 10.1 Å². The average molecular weight is 283 g/mol. The number of nitrogens with one attached hydrogen (secondary N) is 1. The monoisotopic (exact) mass is 283 g/mol. The van der Waals surface area contributed by atoms with Gasteiger partial charge in [0.25, 0.3) is 10.1 Å². The predicted octanol–water partition coefficient (Wildman–Crippen LogP) is 0.710. The molecule has 1 saturated heterocycles. The molecule has 0 saturated carbocycles. The van der Waals surface area contributed by atoms with Crippen LogP contribution in [0.15, 0.2) is 30.3 Å². The number of carbonyl (C=O) groups is 1. The highest BCUT2D eigenvalue weighted by Gasteiger charge is 2.32. The molecular formula is C13H17NO4S. The summed E-state index contributed by atoms with van der Waals surface area (Å²) in [6.07, 6.45) is 2.27. The Hall–Kier alpha value is -1.40. The van der Waals surface area contributed by atoms with Crippen LogP contribution >= 0.6 is 0 Å². The van der Waals surface area contributed by atoms with Crippen LogP contribution in [-0.4, -0.2) is 33.2 Å². The van der Waals surface area contributed by atoms with Crippen LogP contribution in [0.5, 0.6) is 0 Å². The van der Waals surface area contributed by atoms with Gasteiger partial charge in [-0.3, -0.25) is 8.98 Å². The highest BCUT2D eigenvalue weighted by molar-refractivity contribution is 7.85. The third-order valence-electron chi connectivity index (χ3n) is 3.09. The van der Waals surface area contributed by atoms with Gasteiger partial charge < -0.3 is 5.32 Å². The van der Waals surface area contributed by atoms with Crippen molar-refractivity contribution in [3.05, 3.63) is 35.9 Å². The lowest BCUT2D eigenvalue weighted by Crippen LogP contribution is -2.31. The number of hydrogen-bond donors (Lipinski definition) is 1. The van der Waals surface area contributed by atoms with E-state index in [1.165, 1.54) is 0 Å². The summed E-state index contributed by atoms with van der Waals surface area (Å²) in [5, 5.41) is 2.77. The van der Waals surface area contributed by atoms with Gasteiger partial charge in [-0.1, -0.05) is 30.3 Å². The number of hydrogen-bond acceptors (Lipinski definition) is 4. The van der Waals surface area contributed by atoms with Gasteiger partial charge in [-0.05, 0) is 18.4 Å². The SMILES string of the molecule is CS(=O)(=O)OC[C@@H]1C[C@@H](Cc2ccccc2)C(=O)N1. The summed E-state index contributed by atoms with van der Waals surface area (Å²) in [6.45, 7) is 0.00978. The average Bonchev–Trinajstić information content (AvgIpc) is 2.68. The second-order valence-corrected chi connectivity index (χ2v) is 6.46. The van der Waals surface area contributed by atoms with Crippen LogP contribution in [0, 0.1) is 5.92 Å². The van der Waals surface area contributed by atoms with Crippen molar-refractivity contribution in [2.24, 2.45) is 5.92 Å². The first-order valence-electron chi connectivity index (χ1n) is 6.13. The summed E-state index contributed by atoms with van der Waals surface area (Å²) in [7, 11) is -3.46. The van der Waals surface area contributed by atoms with Crippen LogP contribution in [0.1, 0.15) is 12.0 Å². The zero-order valence-corrected chi connectivity index (χ0v) is 11.5. The normalized spacial score (nSPS) is 23.3. The topological polar surface area (TPSA) is 72.5 Å². The molecule has 2 rings (SSSR count). The van der Waals surface area contributed by atoms with Crippen LogP contribution in [0.25, 0.3) is 0 Å². The molecule has 6 heteroatoms. The first-order chi connectivity index (χ1) is 8.94. The van der Waals surface area contributed by atoms with E-state index in [-0.39, 0.29) is 24.5 Å². The highest BCUT2D eigenvalue weighted by atomic mass is 32.2. The van der Waals surface area contributed by atoms with Gasteiger partial charge in [0.2, 0.25) is 5.91 Å². The molecule has 2 atom stereocenters. The minimum Gasteiger partial charge on any atom is -0.351 e. The van der Waals surface area contributed by atoms with Crippen molar-refractivity contribution in [1.29, 1.82) is 0 Å². The Morgan fingerprint density at radius 3 is 2.63 bits per heavy atom. The van der Waals surface area contributed by atoms with Crippen molar-refractivity contribution in [2.45, 2.75) is 18.9 Å². The molecule has 0 unspecified atom stereocenters. The molecule has 1 heterocycles. The van der Waals surface area contributed by atoms with Crippen molar-refractivity contribution in [2.75, 3.05) is 12.9 Å². The van der Waals surface area contributed by atoms with Gasteiger partial charge in [0, 0.05) is 5.92 Å². The van der Waals surface area contributed by atoms with Gasteiger partial charge in [-0.2, -0.15) is 8.42 Å². The molecule has 5 nitrogen and oxygen atoms in total. The van der Waals surface area contributed by atoms with Crippen LogP contribution in [0.3, 0.4) is 0 Å². The van der Waals surface area contributed by atoms with E-state index in [0.29, 0.717) is 12.8 Å². The fourth-order valence-corrected chi connectivity index (χ4v) is 2.63. The van der Waals surface area contributed by atoms with Crippen molar-refractivity contribution < 1.29 is 17.4 Å². The number of benzene rings is 1. The molecule has 1 N–H and O–H groups in total. The Bertz CT molecular complexity index is 541. The van der Waals surface area contributed by atoms with Gasteiger partial charge in [0.1, 0.15) is 0 Å². The molecule has 19 heavy (non-hydrogen) atoms. The molecule has 104 valence electrons. The summed E-state index contributed by atoms with van der Waals surface area (Å²) in [5.74, 6) is -0.151. The molecule has 1 aliphatic rings. The molecule has 1 aromatic rings. The zero-order chi connectivity index (χ0) is 13.9. The van der Waals surface area contributed by atoms with Gasteiger partial charge >= 0.3 is 0 Å². The zero-order valence-electron chi connectivity index (χ0n) is 10.7. The number of carbonyl (C=O) groups excluding carboxylic acids is 1. The Balaban J connectivity index is 1.89. The second-order valence-electron chi connectivity index (χ2n) is 4.82. The molecule has 0 spiro atoms. The van der Waals surface area contributed by atoms with E-state index in [4.69, 9.17) is 4.18 Å². The largest absolute Gasteiger partial charge is 0.351 e. The van der Waals surface area contributed by atoms with Gasteiger partial charge in [-0.25, -0.2) is 0 Å². The second kappa shape index (κ2) is 5.71. The number of amides is 1. The van der Waals surface area contributed by atoms with Crippen molar-refractivity contribution in [1.82, 2.24) is 5.32 Å². The first kappa shape index (κ1) is 14.0. The minimum absolute atomic E-state index is 0.00978. The number of rotatable bonds is 5. The van der Waals surface area contributed by atoms with E-state index in [2.05, 4.69) is 5.32 Å². The summed E-state index contributed by atoms with van der Waals surface area (Å²) in [6, 6.07) is 9.54. The van der Waals surface area contributed by atoms with E-state index in [1.54, 1.807) is 0 Å². The fourth-order valence-electron chi connectivity index (χ4n) is 2.22. The molecule has 1 fully saturated rings. The van der Waals surface area contributed by atoms with Crippen molar-refractivity contribution in [3.63, 3.8) is 0 Å². The highest BCUT2D eigenvalue weighted by Crippen LogP contribution is 2.20. The van der Waals surface area contributed by atoms with Crippen molar-refractivity contribution in [3.8, 4) is 0 Å². The molecule has 1 amide bonds. The van der Waals surface area contributed by atoms with Crippen LogP contribution < -0.4 is 5.32 Å². The maximum atomic E-state index is 11.8. The lowest BCUT2D eigenvalue weighted by Gasteiger charge is -2.09. The van der Waals surface area contributed by atoms with Crippen LogP contribution in [0.4, 0.5) is 0 Å².